The summed E-state index contributed by atoms with van der Waals surface area (Å²) in [6, 6.07) is 1.61. The number of hydrogen-bond donors (Lipinski definition) is 1. The zero-order valence-electron chi connectivity index (χ0n) is 6.09. The molecule has 72 valence electrons. The minimum atomic E-state index is -4.03. The third-order valence-corrected chi connectivity index (χ3v) is 3.12. The zero-order valence-corrected chi connectivity index (χ0v) is 8.42. The van der Waals surface area contributed by atoms with Crippen molar-refractivity contribution in [3.8, 4) is 0 Å². The number of sulfonamides is 1. The Morgan fingerprint density at radius 2 is 1.85 bits per heavy atom. The van der Waals surface area contributed by atoms with Gasteiger partial charge in [0.25, 0.3) is 0 Å². The summed E-state index contributed by atoms with van der Waals surface area (Å²) in [5, 5.41) is 4.30. The van der Waals surface area contributed by atoms with Gasteiger partial charge < -0.3 is 0 Å². The van der Waals surface area contributed by atoms with Gasteiger partial charge in [-0.05, 0) is 12.1 Å². The number of benzene rings is 1. The van der Waals surface area contributed by atoms with Crippen LogP contribution in [0.4, 0.5) is 4.39 Å². The van der Waals surface area contributed by atoms with Crippen LogP contribution >= 0.6 is 23.2 Å². The Bertz CT molecular complexity index is 446. The van der Waals surface area contributed by atoms with Crippen molar-refractivity contribution in [2.75, 3.05) is 0 Å². The highest BCUT2D eigenvalue weighted by molar-refractivity contribution is 7.89. The molecule has 2 N–H and O–H groups in total. The molecule has 3 nitrogen and oxygen atoms in total. The number of primary sulfonamides is 1. The van der Waals surface area contributed by atoms with Crippen LogP contribution in [0.3, 0.4) is 0 Å². The van der Waals surface area contributed by atoms with Gasteiger partial charge in [0.2, 0.25) is 10.0 Å². The molecule has 0 aliphatic carbocycles. The molecule has 0 bridgehead atoms. The zero-order chi connectivity index (χ0) is 10.2. The number of hydrogen-bond acceptors (Lipinski definition) is 2. The molecule has 1 rings (SSSR count). The second-order valence-corrected chi connectivity index (χ2v) is 4.56. The maximum atomic E-state index is 12.7. The van der Waals surface area contributed by atoms with Crippen molar-refractivity contribution < 1.29 is 12.8 Å². The van der Waals surface area contributed by atoms with E-state index in [0.717, 1.165) is 6.07 Å². The van der Waals surface area contributed by atoms with Crippen molar-refractivity contribution in [2.45, 2.75) is 4.90 Å². The molecule has 0 atom stereocenters. The topological polar surface area (TPSA) is 60.2 Å². The van der Waals surface area contributed by atoms with Crippen molar-refractivity contribution in [1.82, 2.24) is 0 Å². The number of halogens is 3. The molecule has 0 unspecified atom stereocenters. The molecule has 0 saturated heterocycles. The number of rotatable bonds is 1. The van der Waals surface area contributed by atoms with Gasteiger partial charge in [0.1, 0.15) is 10.7 Å². The molecule has 0 spiro atoms. The molecule has 1 aromatic rings. The second kappa shape index (κ2) is 3.42. The van der Waals surface area contributed by atoms with Crippen LogP contribution in [-0.2, 0) is 10.0 Å². The molecule has 0 aliphatic rings. The van der Waals surface area contributed by atoms with E-state index >= 15 is 0 Å². The summed E-state index contributed by atoms with van der Waals surface area (Å²) < 4.78 is 34.3. The van der Waals surface area contributed by atoms with E-state index in [-0.39, 0.29) is 10.0 Å². The summed E-state index contributed by atoms with van der Waals surface area (Å²) in [7, 11) is -4.03. The van der Waals surface area contributed by atoms with E-state index in [1.807, 2.05) is 0 Å². The molecular weight excluding hydrogens is 240 g/mol. The number of nitrogens with two attached hydrogens (primary N) is 1. The van der Waals surface area contributed by atoms with Gasteiger partial charge in [-0.1, -0.05) is 23.2 Å². The Morgan fingerprint density at radius 1 is 1.31 bits per heavy atom. The first-order chi connectivity index (χ1) is 5.82. The SMILES string of the molecule is NS(=O)(=O)c1cc(F)cc(Cl)c1Cl. The maximum Gasteiger partial charge on any atom is 0.239 e. The van der Waals surface area contributed by atoms with Gasteiger partial charge in [0.15, 0.2) is 0 Å². The molecule has 13 heavy (non-hydrogen) atoms. The van der Waals surface area contributed by atoms with Gasteiger partial charge in [-0.15, -0.1) is 0 Å². The van der Waals surface area contributed by atoms with Crippen LogP contribution in [0.25, 0.3) is 0 Å². The Morgan fingerprint density at radius 3 is 2.31 bits per heavy atom. The fourth-order valence-electron chi connectivity index (χ4n) is 0.739. The van der Waals surface area contributed by atoms with Crippen LogP contribution in [0.15, 0.2) is 17.0 Å². The summed E-state index contributed by atoms with van der Waals surface area (Å²) in [5.41, 5.74) is 0. The molecule has 0 amide bonds. The predicted molar refractivity (Wildman–Crippen MR) is 47.8 cm³/mol. The van der Waals surface area contributed by atoms with Crippen LogP contribution in [-0.4, -0.2) is 8.42 Å². The first kappa shape index (κ1) is 10.7. The minimum Gasteiger partial charge on any atom is -0.225 e. The average molecular weight is 244 g/mol. The van der Waals surface area contributed by atoms with E-state index in [4.69, 9.17) is 28.3 Å². The van der Waals surface area contributed by atoms with Gasteiger partial charge in [-0.25, -0.2) is 17.9 Å². The van der Waals surface area contributed by atoms with Crippen molar-refractivity contribution in [3.05, 3.63) is 28.0 Å². The van der Waals surface area contributed by atoms with E-state index < -0.39 is 20.7 Å². The molecule has 0 aromatic heterocycles. The summed E-state index contributed by atoms with van der Waals surface area (Å²) >= 11 is 10.9. The van der Waals surface area contributed by atoms with E-state index in [1.54, 1.807) is 0 Å². The fraction of sp³-hybridized carbons (Fsp3) is 0. The highest BCUT2D eigenvalue weighted by atomic mass is 35.5. The lowest BCUT2D eigenvalue weighted by atomic mass is 10.3. The Balaban J connectivity index is 3.56. The van der Waals surface area contributed by atoms with Crippen molar-refractivity contribution >= 4 is 33.2 Å². The lowest BCUT2D eigenvalue weighted by molar-refractivity contribution is 0.592. The highest BCUT2D eigenvalue weighted by Crippen LogP contribution is 2.29. The van der Waals surface area contributed by atoms with E-state index in [9.17, 15) is 12.8 Å². The van der Waals surface area contributed by atoms with Gasteiger partial charge in [-0.3, -0.25) is 0 Å². The first-order valence-electron chi connectivity index (χ1n) is 2.99. The Hall–Kier alpha value is -0.360. The van der Waals surface area contributed by atoms with Crippen LogP contribution in [0.1, 0.15) is 0 Å². The summed E-state index contributed by atoms with van der Waals surface area (Å²) in [6.45, 7) is 0. The van der Waals surface area contributed by atoms with E-state index in [1.165, 1.54) is 0 Å². The van der Waals surface area contributed by atoms with Crippen molar-refractivity contribution in [3.63, 3.8) is 0 Å². The molecular formula is C6H4Cl2FNO2S. The standard InChI is InChI=1S/C6H4Cl2FNO2S/c7-4-1-3(9)2-5(6(4)8)13(10,11)12/h1-2H,(H2,10,11,12). The van der Waals surface area contributed by atoms with Gasteiger partial charge >= 0.3 is 0 Å². The molecule has 7 heteroatoms. The monoisotopic (exact) mass is 243 g/mol. The lowest BCUT2D eigenvalue weighted by Crippen LogP contribution is -2.13. The molecule has 0 fully saturated rings. The molecule has 1 aromatic carbocycles. The quantitative estimate of drug-likeness (QED) is 0.765. The van der Waals surface area contributed by atoms with Crippen molar-refractivity contribution in [2.24, 2.45) is 5.14 Å². The molecule has 0 radical (unpaired) electrons. The fourth-order valence-corrected chi connectivity index (χ4v) is 2.07. The smallest absolute Gasteiger partial charge is 0.225 e. The molecule has 0 aliphatic heterocycles. The maximum absolute atomic E-state index is 12.7. The Kier molecular flexibility index (Phi) is 2.82. The molecule has 0 saturated carbocycles. The normalized spacial score (nSPS) is 11.7. The largest absolute Gasteiger partial charge is 0.239 e. The highest BCUT2D eigenvalue weighted by Gasteiger charge is 2.16. The van der Waals surface area contributed by atoms with E-state index in [0.29, 0.717) is 6.07 Å². The van der Waals surface area contributed by atoms with Crippen LogP contribution in [0.2, 0.25) is 10.0 Å². The van der Waals surface area contributed by atoms with Crippen LogP contribution in [0.5, 0.6) is 0 Å². The van der Waals surface area contributed by atoms with Gasteiger partial charge in [0, 0.05) is 0 Å². The summed E-state index contributed by atoms with van der Waals surface area (Å²) in [5.74, 6) is -0.807. The minimum absolute atomic E-state index is 0.189. The first-order valence-corrected chi connectivity index (χ1v) is 5.30. The molecule has 0 heterocycles. The van der Waals surface area contributed by atoms with Crippen LogP contribution in [0, 0.1) is 5.82 Å². The Labute approximate surface area is 84.3 Å². The van der Waals surface area contributed by atoms with Gasteiger partial charge in [-0.2, -0.15) is 0 Å². The predicted octanol–water partition coefficient (Wildman–Crippen LogP) is 1.78. The third kappa shape index (κ3) is 2.31. The van der Waals surface area contributed by atoms with Gasteiger partial charge in [0.05, 0.1) is 10.0 Å². The van der Waals surface area contributed by atoms with Crippen LogP contribution < -0.4 is 5.14 Å². The third-order valence-electron chi connectivity index (χ3n) is 1.27. The lowest BCUT2D eigenvalue weighted by Gasteiger charge is -2.02. The average Bonchev–Trinajstić information content (AvgIpc) is 1.94. The second-order valence-electron chi connectivity index (χ2n) is 2.24. The summed E-state index contributed by atoms with van der Waals surface area (Å²) in [6.07, 6.45) is 0. The summed E-state index contributed by atoms with van der Waals surface area (Å²) in [4.78, 5) is -0.515. The van der Waals surface area contributed by atoms with E-state index in [2.05, 4.69) is 0 Å². The van der Waals surface area contributed by atoms with Crippen molar-refractivity contribution in [1.29, 1.82) is 0 Å².